The molecule has 2 unspecified atom stereocenters. The van der Waals surface area contributed by atoms with E-state index in [1.54, 1.807) is 0 Å². The smallest absolute Gasteiger partial charge is 0.462 e. The van der Waals surface area contributed by atoms with Crippen molar-refractivity contribution in [3.05, 3.63) is 0 Å². The summed E-state index contributed by atoms with van der Waals surface area (Å²) in [5.74, 6) is -0.685. The number of phosphoric acid groups is 2. The lowest BCUT2D eigenvalue weighted by atomic mass is 10.0. The van der Waals surface area contributed by atoms with E-state index in [1.807, 2.05) is 0 Å². The first-order valence-electron chi connectivity index (χ1n) is 38.5. The molecule has 0 heterocycles. The van der Waals surface area contributed by atoms with Crippen LogP contribution in [-0.2, 0) is 65.4 Å². The molecule has 0 aliphatic carbocycles. The van der Waals surface area contributed by atoms with E-state index in [9.17, 15) is 43.2 Å². The second-order valence-electron chi connectivity index (χ2n) is 27.6. The van der Waals surface area contributed by atoms with Crippen molar-refractivity contribution < 1.29 is 80.2 Å². The quantitative estimate of drug-likeness (QED) is 0.0222. The second-order valence-corrected chi connectivity index (χ2v) is 30.5. The van der Waals surface area contributed by atoms with Crippen LogP contribution in [0.1, 0.15) is 382 Å². The van der Waals surface area contributed by atoms with Crippen molar-refractivity contribution in [2.75, 3.05) is 39.6 Å². The highest BCUT2D eigenvalue weighted by Crippen LogP contribution is 2.45. The Morgan fingerprint density at radius 2 is 0.495 bits per heavy atom. The molecule has 3 N–H and O–H groups in total. The SMILES string of the molecule is CCCCCCCCCCCCCCCCCCCCCCCC(=O)O[C@H](COC(=O)CCCCCCCCCCCCCC(C)C)COP(=O)(O)OC[C@@H](O)COP(=O)(O)OC[C@@H](COC(=O)CCCCCCCCCCC)OC(=O)CCCCCCCCC(C)C. The number of ether oxygens (including phenoxy) is 4. The molecule has 0 saturated heterocycles. The maximum absolute atomic E-state index is 13.1. The molecule has 0 amide bonds. The summed E-state index contributed by atoms with van der Waals surface area (Å²) in [6, 6.07) is 0. The molecule has 19 heteroatoms. The molecule has 5 atom stereocenters. The molecule has 0 aromatic rings. The first-order chi connectivity index (χ1) is 44.9. The van der Waals surface area contributed by atoms with Crippen LogP contribution in [0.2, 0.25) is 0 Å². The van der Waals surface area contributed by atoms with Gasteiger partial charge >= 0.3 is 39.5 Å². The van der Waals surface area contributed by atoms with Crippen molar-refractivity contribution in [2.45, 2.75) is 400 Å². The van der Waals surface area contributed by atoms with E-state index in [2.05, 4.69) is 41.5 Å². The standard InChI is InChI=1S/C74H144O17P2/c1-7-9-11-13-15-17-18-19-20-21-22-23-24-25-26-27-30-35-39-46-52-58-73(78)90-69(62-85-72(77)57-51-45-38-34-31-28-29-33-36-42-48-54-66(3)4)64-88-92(80,81)86-60-68(75)61-87-93(82,83)89-65-70(91-74(79)59-53-47-41-40-43-49-55-67(5)6)63-84-71(76)56-50-44-37-32-16-14-12-10-8-2/h66-70,75H,7-65H2,1-6H3,(H,80,81)(H,82,83)/t68-,69-,70-/m1/s1. The molecular weight excluding hydrogens is 1220 g/mol. The number of hydrogen-bond donors (Lipinski definition) is 3. The lowest BCUT2D eigenvalue weighted by Crippen LogP contribution is -2.30. The summed E-state index contributed by atoms with van der Waals surface area (Å²) in [5.41, 5.74) is 0. The molecule has 17 nitrogen and oxygen atoms in total. The largest absolute Gasteiger partial charge is 0.472 e. The second kappa shape index (κ2) is 66.0. The third-order valence-corrected chi connectivity index (χ3v) is 19.1. The van der Waals surface area contributed by atoms with Crippen molar-refractivity contribution in [2.24, 2.45) is 11.8 Å². The minimum Gasteiger partial charge on any atom is -0.462 e. The number of rotatable bonds is 73. The van der Waals surface area contributed by atoms with Gasteiger partial charge in [-0.3, -0.25) is 37.3 Å². The summed E-state index contributed by atoms with van der Waals surface area (Å²) < 4.78 is 68.3. The molecule has 0 radical (unpaired) electrons. The van der Waals surface area contributed by atoms with Gasteiger partial charge in [0.1, 0.15) is 19.3 Å². The summed E-state index contributed by atoms with van der Waals surface area (Å²) in [7, 11) is -9.90. The maximum atomic E-state index is 13.1. The van der Waals surface area contributed by atoms with Crippen LogP contribution in [0.4, 0.5) is 0 Å². The van der Waals surface area contributed by atoms with Crippen LogP contribution in [0.3, 0.4) is 0 Å². The Morgan fingerprint density at radius 3 is 0.731 bits per heavy atom. The summed E-state index contributed by atoms with van der Waals surface area (Å²) in [4.78, 5) is 72.6. The molecule has 0 aliphatic rings. The van der Waals surface area contributed by atoms with E-state index < -0.39 is 97.5 Å². The fraction of sp³-hybridized carbons (Fsp3) is 0.946. The fourth-order valence-corrected chi connectivity index (χ4v) is 12.9. The first-order valence-corrected chi connectivity index (χ1v) is 41.5. The van der Waals surface area contributed by atoms with Crippen molar-refractivity contribution in [1.29, 1.82) is 0 Å². The average molecular weight is 1370 g/mol. The number of phosphoric ester groups is 2. The van der Waals surface area contributed by atoms with Crippen LogP contribution in [0.5, 0.6) is 0 Å². The summed E-state index contributed by atoms with van der Waals surface area (Å²) in [6.45, 7) is 9.47. The molecule has 0 saturated carbocycles. The number of unbranched alkanes of at least 4 members (excludes halogenated alkanes) is 43. The van der Waals surface area contributed by atoms with Crippen LogP contribution in [0.25, 0.3) is 0 Å². The minimum absolute atomic E-state index is 0.102. The van der Waals surface area contributed by atoms with Gasteiger partial charge < -0.3 is 33.8 Å². The maximum Gasteiger partial charge on any atom is 0.472 e. The number of hydrogen-bond acceptors (Lipinski definition) is 15. The van der Waals surface area contributed by atoms with E-state index in [4.69, 9.17) is 37.0 Å². The van der Waals surface area contributed by atoms with Gasteiger partial charge in [-0.05, 0) is 37.5 Å². The highest BCUT2D eigenvalue weighted by molar-refractivity contribution is 7.47. The van der Waals surface area contributed by atoms with Gasteiger partial charge in [0.15, 0.2) is 12.2 Å². The van der Waals surface area contributed by atoms with Crippen molar-refractivity contribution >= 4 is 39.5 Å². The van der Waals surface area contributed by atoms with E-state index in [0.29, 0.717) is 31.6 Å². The van der Waals surface area contributed by atoms with Gasteiger partial charge in [-0.15, -0.1) is 0 Å². The van der Waals surface area contributed by atoms with Gasteiger partial charge in [-0.25, -0.2) is 9.13 Å². The molecule has 0 rings (SSSR count). The average Bonchev–Trinajstić information content (AvgIpc) is 3.29. The van der Waals surface area contributed by atoms with Crippen LogP contribution in [0.15, 0.2) is 0 Å². The number of carbonyl (C=O) groups excluding carboxylic acids is 4. The first kappa shape index (κ1) is 91.1. The number of aliphatic hydroxyl groups is 1. The molecule has 0 aromatic heterocycles. The monoisotopic (exact) mass is 1370 g/mol. The zero-order valence-electron chi connectivity index (χ0n) is 60.6. The summed E-state index contributed by atoms with van der Waals surface area (Å²) >= 11 is 0. The van der Waals surface area contributed by atoms with Gasteiger partial charge in [0, 0.05) is 25.7 Å². The number of esters is 4. The molecule has 0 bridgehead atoms. The molecule has 0 spiro atoms. The summed E-state index contributed by atoms with van der Waals surface area (Å²) in [5, 5.41) is 10.6. The molecule has 0 fully saturated rings. The Balaban J connectivity index is 5.17. The van der Waals surface area contributed by atoms with Crippen molar-refractivity contribution in [3.63, 3.8) is 0 Å². The Kier molecular flexibility index (Phi) is 64.6. The van der Waals surface area contributed by atoms with E-state index in [0.717, 1.165) is 95.8 Å². The van der Waals surface area contributed by atoms with Crippen LogP contribution in [-0.4, -0.2) is 96.7 Å². The zero-order valence-corrected chi connectivity index (χ0v) is 62.3. The van der Waals surface area contributed by atoms with E-state index >= 15 is 0 Å². The topological polar surface area (TPSA) is 237 Å². The van der Waals surface area contributed by atoms with E-state index in [1.165, 1.54) is 199 Å². The molecule has 93 heavy (non-hydrogen) atoms. The third kappa shape index (κ3) is 68.4. The minimum atomic E-state index is -4.95. The highest BCUT2D eigenvalue weighted by atomic mass is 31.2. The summed E-state index contributed by atoms with van der Waals surface area (Å²) in [6.07, 6.45) is 53.1. The Labute approximate surface area is 568 Å². The van der Waals surface area contributed by atoms with Gasteiger partial charge in [0.25, 0.3) is 0 Å². The number of carbonyl (C=O) groups is 4. The molecular formula is C74H144O17P2. The Bertz CT molecular complexity index is 1800. The van der Waals surface area contributed by atoms with Gasteiger partial charge in [0.05, 0.1) is 26.4 Å². The van der Waals surface area contributed by atoms with E-state index in [-0.39, 0.29) is 25.7 Å². The predicted octanol–water partition coefficient (Wildman–Crippen LogP) is 21.6. The number of aliphatic hydroxyl groups excluding tert-OH is 1. The highest BCUT2D eigenvalue weighted by Gasteiger charge is 2.30. The van der Waals surface area contributed by atoms with Crippen LogP contribution >= 0.6 is 15.6 Å². The van der Waals surface area contributed by atoms with Crippen molar-refractivity contribution in [3.8, 4) is 0 Å². The van der Waals surface area contributed by atoms with Gasteiger partial charge in [-0.1, -0.05) is 330 Å². The Morgan fingerprint density at radius 1 is 0.290 bits per heavy atom. The molecule has 552 valence electrons. The fourth-order valence-electron chi connectivity index (χ4n) is 11.3. The van der Waals surface area contributed by atoms with Gasteiger partial charge in [-0.2, -0.15) is 0 Å². The van der Waals surface area contributed by atoms with Crippen LogP contribution in [0, 0.1) is 11.8 Å². The lowest BCUT2D eigenvalue weighted by molar-refractivity contribution is -0.161. The Hall–Kier alpha value is -1.94. The van der Waals surface area contributed by atoms with Gasteiger partial charge in [0.2, 0.25) is 0 Å². The predicted molar refractivity (Wildman–Crippen MR) is 377 cm³/mol. The molecule has 0 aliphatic heterocycles. The zero-order chi connectivity index (χ0) is 68.6. The lowest BCUT2D eigenvalue weighted by Gasteiger charge is -2.21. The normalized spacial score (nSPS) is 14.1. The third-order valence-electron chi connectivity index (χ3n) is 17.2. The van der Waals surface area contributed by atoms with Crippen LogP contribution < -0.4 is 0 Å². The molecule has 0 aromatic carbocycles. The van der Waals surface area contributed by atoms with Crippen molar-refractivity contribution in [1.82, 2.24) is 0 Å².